The number of pyridine rings is 1. The number of amides is 1. The maximum Gasteiger partial charge on any atom is 0.254 e. The van der Waals surface area contributed by atoms with Gasteiger partial charge in [0.05, 0.1) is 6.54 Å². The van der Waals surface area contributed by atoms with Gasteiger partial charge in [-0.3, -0.25) is 4.79 Å². The highest BCUT2D eigenvalue weighted by molar-refractivity contribution is 6.29. The number of hydrogen-bond acceptors (Lipinski definition) is 2. The first-order valence-electron chi connectivity index (χ1n) is 6.20. The molecule has 0 N–H and O–H groups in total. The number of rotatable bonds is 3. The lowest BCUT2D eigenvalue weighted by molar-refractivity contribution is 0.0784. The van der Waals surface area contributed by atoms with Gasteiger partial charge in [-0.2, -0.15) is 0 Å². The van der Waals surface area contributed by atoms with Crippen LogP contribution in [0, 0.1) is 12.3 Å². The molecule has 1 rings (SSSR count). The maximum atomic E-state index is 12.3. The van der Waals surface area contributed by atoms with Crippen molar-refractivity contribution in [2.45, 2.75) is 33.1 Å². The highest BCUT2D eigenvalue weighted by atomic mass is 35.5. The molecule has 0 aliphatic carbocycles. The molecule has 19 heavy (non-hydrogen) atoms. The molecule has 4 heteroatoms. The third-order valence-corrected chi connectivity index (χ3v) is 2.95. The third kappa shape index (κ3) is 3.97. The lowest BCUT2D eigenvalue weighted by Crippen LogP contribution is -2.31. The van der Waals surface area contributed by atoms with Gasteiger partial charge < -0.3 is 4.90 Å². The quantitative estimate of drug-likeness (QED) is 0.629. The summed E-state index contributed by atoms with van der Waals surface area (Å²) < 4.78 is 0. The van der Waals surface area contributed by atoms with E-state index in [1.54, 1.807) is 17.0 Å². The zero-order valence-electron chi connectivity index (χ0n) is 11.8. The monoisotopic (exact) mass is 278 g/mol. The molecular formula is C15H19ClN2O. The normalized spacial score (nSPS) is 10.9. The van der Waals surface area contributed by atoms with Crippen LogP contribution in [0.2, 0.25) is 5.15 Å². The van der Waals surface area contributed by atoms with Crippen LogP contribution in [0.1, 0.15) is 43.7 Å². The molecule has 1 aromatic heterocycles. The Labute approximate surface area is 120 Å². The lowest BCUT2D eigenvalue weighted by atomic mass is 9.91. The first-order valence-corrected chi connectivity index (χ1v) is 6.58. The van der Waals surface area contributed by atoms with E-state index < -0.39 is 0 Å². The predicted octanol–water partition coefficient (Wildman–Crippen LogP) is 3.13. The van der Waals surface area contributed by atoms with Crippen LogP contribution in [0.15, 0.2) is 12.1 Å². The van der Waals surface area contributed by atoms with Gasteiger partial charge in [0.25, 0.3) is 5.91 Å². The Bertz CT molecular complexity index is 512. The fourth-order valence-electron chi connectivity index (χ4n) is 1.62. The van der Waals surface area contributed by atoms with Crippen molar-refractivity contribution < 1.29 is 4.79 Å². The summed E-state index contributed by atoms with van der Waals surface area (Å²) in [5.41, 5.74) is 1.16. The number of hydrogen-bond donors (Lipinski definition) is 0. The van der Waals surface area contributed by atoms with Crippen LogP contribution in [0.3, 0.4) is 0 Å². The summed E-state index contributed by atoms with van der Waals surface area (Å²) in [6, 6.07) is 3.37. The molecule has 102 valence electrons. The van der Waals surface area contributed by atoms with Crippen LogP contribution in [-0.2, 0) is 5.41 Å². The second kappa shape index (κ2) is 6.08. The molecule has 1 amide bonds. The molecule has 3 nitrogen and oxygen atoms in total. The maximum absolute atomic E-state index is 12.3. The largest absolute Gasteiger partial charge is 0.328 e. The molecule has 0 aromatic carbocycles. The van der Waals surface area contributed by atoms with E-state index in [2.05, 4.69) is 10.9 Å². The van der Waals surface area contributed by atoms with E-state index in [0.29, 0.717) is 23.8 Å². The second-order valence-electron chi connectivity index (χ2n) is 5.34. The first kappa shape index (κ1) is 15.5. The molecule has 0 bridgehead atoms. The van der Waals surface area contributed by atoms with E-state index in [0.717, 1.165) is 5.69 Å². The van der Waals surface area contributed by atoms with Crippen molar-refractivity contribution in [3.05, 3.63) is 28.5 Å². The zero-order valence-corrected chi connectivity index (χ0v) is 12.6. The van der Waals surface area contributed by atoms with Crippen LogP contribution >= 0.6 is 11.6 Å². The predicted molar refractivity (Wildman–Crippen MR) is 78.4 cm³/mol. The van der Waals surface area contributed by atoms with Gasteiger partial charge in [0.1, 0.15) is 5.15 Å². The van der Waals surface area contributed by atoms with Crippen molar-refractivity contribution in [3.8, 4) is 12.3 Å². The first-order chi connectivity index (χ1) is 8.79. The van der Waals surface area contributed by atoms with Crippen LogP contribution < -0.4 is 0 Å². The van der Waals surface area contributed by atoms with Crippen LogP contribution in [0.25, 0.3) is 0 Å². The molecule has 0 aliphatic rings. The van der Waals surface area contributed by atoms with E-state index in [4.69, 9.17) is 18.0 Å². The summed E-state index contributed by atoms with van der Waals surface area (Å²) in [5.74, 6) is 2.37. The smallest absolute Gasteiger partial charge is 0.254 e. The molecule has 0 unspecified atom stereocenters. The molecule has 0 saturated heterocycles. The molecule has 0 atom stereocenters. The summed E-state index contributed by atoms with van der Waals surface area (Å²) in [6.45, 7) is 8.83. The van der Waals surface area contributed by atoms with E-state index in [1.807, 2.05) is 27.7 Å². The number of aromatic nitrogens is 1. The van der Waals surface area contributed by atoms with Crippen molar-refractivity contribution in [2.75, 3.05) is 13.1 Å². The Morgan fingerprint density at radius 1 is 1.47 bits per heavy atom. The van der Waals surface area contributed by atoms with E-state index in [9.17, 15) is 4.79 Å². The molecule has 0 saturated carbocycles. The minimum atomic E-state index is -0.164. The molecule has 1 heterocycles. The molecule has 0 fully saturated rings. The minimum absolute atomic E-state index is 0.116. The zero-order chi connectivity index (χ0) is 14.6. The molecular weight excluding hydrogens is 260 g/mol. The third-order valence-electron chi connectivity index (χ3n) is 2.76. The topological polar surface area (TPSA) is 33.2 Å². The van der Waals surface area contributed by atoms with E-state index in [-0.39, 0.29) is 11.3 Å². The van der Waals surface area contributed by atoms with Gasteiger partial charge >= 0.3 is 0 Å². The summed E-state index contributed by atoms with van der Waals surface area (Å²) >= 11 is 6.00. The Morgan fingerprint density at radius 2 is 2.11 bits per heavy atom. The average Bonchev–Trinajstić information content (AvgIpc) is 2.33. The Balaban J connectivity index is 3.17. The number of carbonyl (C=O) groups is 1. The van der Waals surface area contributed by atoms with Gasteiger partial charge in [0.2, 0.25) is 0 Å². The highest BCUT2D eigenvalue weighted by Gasteiger charge is 2.20. The van der Waals surface area contributed by atoms with Crippen LogP contribution in [0.4, 0.5) is 0 Å². The van der Waals surface area contributed by atoms with Crippen molar-refractivity contribution in [1.29, 1.82) is 0 Å². The minimum Gasteiger partial charge on any atom is -0.328 e. The molecule has 0 aliphatic heterocycles. The van der Waals surface area contributed by atoms with Gasteiger partial charge in [0.15, 0.2) is 0 Å². The van der Waals surface area contributed by atoms with Gasteiger partial charge in [-0.15, -0.1) is 6.42 Å². The fourth-order valence-corrected chi connectivity index (χ4v) is 1.83. The Hall–Kier alpha value is -1.53. The fraction of sp³-hybridized carbons (Fsp3) is 0.467. The van der Waals surface area contributed by atoms with Gasteiger partial charge in [-0.1, -0.05) is 38.3 Å². The van der Waals surface area contributed by atoms with Gasteiger partial charge in [0, 0.05) is 23.2 Å². The van der Waals surface area contributed by atoms with Crippen LogP contribution in [0.5, 0.6) is 0 Å². The lowest BCUT2D eigenvalue weighted by Gasteiger charge is -2.21. The number of halogens is 1. The molecule has 1 aromatic rings. The van der Waals surface area contributed by atoms with Crippen molar-refractivity contribution in [1.82, 2.24) is 9.88 Å². The average molecular weight is 279 g/mol. The Kier molecular flexibility index (Phi) is 4.97. The van der Waals surface area contributed by atoms with Crippen molar-refractivity contribution >= 4 is 17.5 Å². The molecule has 0 radical (unpaired) electrons. The number of nitrogens with zero attached hydrogens (tertiary/aromatic N) is 2. The number of carbonyl (C=O) groups excluding carboxylic acids is 1. The summed E-state index contributed by atoms with van der Waals surface area (Å²) in [4.78, 5) is 18.2. The highest BCUT2D eigenvalue weighted by Crippen LogP contribution is 2.24. The molecule has 0 spiro atoms. The SMILES string of the molecule is C#CCN(CC)C(=O)c1cc(Cl)nc(C(C)(C)C)c1. The van der Waals surface area contributed by atoms with E-state index >= 15 is 0 Å². The van der Waals surface area contributed by atoms with Crippen LogP contribution in [-0.4, -0.2) is 28.9 Å². The number of terminal acetylenes is 1. The summed E-state index contributed by atoms with van der Waals surface area (Å²) in [5, 5.41) is 0.326. The standard InChI is InChI=1S/C15H19ClN2O/c1-6-8-18(7-2)14(19)11-9-12(15(3,4)5)17-13(16)10-11/h1,9-10H,7-8H2,2-5H3. The van der Waals surface area contributed by atoms with E-state index in [1.165, 1.54) is 0 Å². The van der Waals surface area contributed by atoms with Crippen molar-refractivity contribution in [2.24, 2.45) is 0 Å². The second-order valence-corrected chi connectivity index (χ2v) is 5.72. The summed E-state index contributed by atoms with van der Waals surface area (Å²) in [7, 11) is 0. The Morgan fingerprint density at radius 3 is 2.58 bits per heavy atom. The van der Waals surface area contributed by atoms with Gasteiger partial charge in [-0.25, -0.2) is 4.98 Å². The van der Waals surface area contributed by atoms with Gasteiger partial charge in [-0.05, 0) is 19.1 Å². The van der Waals surface area contributed by atoms with Crippen molar-refractivity contribution in [3.63, 3.8) is 0 Å². The summed E-state index contributed by atoms with van der Waals surface area (Å²) in [6.07, 6.45) is 5.27.